The van der Waals surface area contributed by atoms with E-state index in [0.717, 1.165) is 17.6 Å². The molecule has 0 radical (unpaired) electrons. The van der Waals surface area contributed by atoms with Gasteiger partial charge in [-0.1, -0.05) is 19.1 Å². The third-order valence-corrected chi connectivity index (χ3v) is 3.67. The number of oxazole rings is 1. The van der Waals surface area contributed by atoms with Crippen LogP contribution in [0.15, 0.2) is 28.7 Å². The van der Waals surface area contributed by atoms with Crippen molar-refractivity contribution in [2.45, 2.75) is 6.92 Å². The van der Waals surface area contributed by atoms with Gasteiger partial charge in [-0.05, 0) is 18.1 Å². The molecule has 2 atom stereocenters. The zero-order valence-corrected chi connectivity index (χ0v) is 11.0. The molecule has 1 aromatic heterocycles. The highest BCUT2D eigenvalue weighted by Gasteiger charge is 2.37. The number of esters is 1. The molecule has 0 amide bonds. The third-order valence-electron chi connectivity index (χ3n) is 3.67. The molecule has 0 bridgehead atoms. The van der Waals surface area contributed by atoms with Crippen molar-refractivity contribution in [2.24, 2.45) is 11.8 Å². The number of fused-ring (bicyclic) bond motifs is 1. The summed E-state index contributed by atoms with van der Waals surface area (Å²) < 4.78 is 10.6. The molecule has 1 saturated heterocycles. The van der Waals surface area contributed by atoms with Crippen LogP contribution >= 0.6 is 0 Å². The quantitative estimate of drug-likeness (QED) is 0.774. The Hall–Kier alpha value is -2.04. The first-order valence-electron chi connectivity index (χ1n) is 6.37. The normalized spacial score (nSPS) is 22.9. The summed E-state index contributed by atoms with van der Waals surface area (Å²) in [6.45, 7) is 3.40. The van der Waals surface area contributed by atoms with Gasteiger partial charge in [0.1, 0.15) is 5.52 Å². The number of rotatable bonds is 2. The number of anilines is 1. The number of para-hydroxylation sites is 2. The Morgan fingerprint density at radius 2 is 2.21 bits per heavy atom. The van der Waals surface area contributed by atoms with Crippen molar-refractivity contribution in [3.05, 3.63) is 24.3 Å². The van der Waals surface area contributed by atoms with Gasteiger partial charge in [-0.2, -0.15) is 4.98 Å². The van der Waals surface area contributed by atoms with Gasteiger partial charge in [0, 0.05) is 13.1 Å². The molecule has 19 heavy (non-hydrogen) atoms. The summed E-state index contributed by atoms with van der Waals surface area (Å²) in [6.07, 6.45) is 0. The molecule has 2 aromatic rings. The molecular formula is C14H16N2O3. The van der Waals surface area contributed by atoms with Gasteiger partial charge >= 0.3 is 5.97 Å². The molecule has 1 aliphatic heterocycles. The summed E-state index contributed by atoms with van der Waals surface area (Å²) in [6, 6.07) is 8.24. The summed E-state index contributed by atoms with van der Waals surface area (Å²) in [5, 5.41) is 0. The van der Waals surface area contributed by atoms with E-state index in [2.05, 4.69) is 4.98 Å². The van der Waals surface area contributed by atoms with Crippen molar-refractivity contribution in [3.63, 3.8) is 0 Å². The molecule has 100 valence electrons. The molecule has 1 aliphatic rings. The zero-order valence-electron chi connectivity index (χ0n) is 11.0. The van der Waals surface area contributed by atoms with E-state index >= 15 is 0 Å². The van der Waals surface area contributed by atoms with Crippen LogP contribution in [0.1, 0.15) is 6.92 Å². The van der Waals surface area contributed by atoms with Crippen molar-refractivity contribution in [2.75, 3.05) is 25.1 Å². The van der Waals surface area contributed by atoms with Crippen molar-refractivity contribution in [1.29, 1.82) is 0 Å². The maximum absolute atomic E-state index is 11.7. The first kappa shape index (κ1) is 12.0. The van der Waals surface area contributed by atoms with E-state index in [4.69, 9.17) is 9.15 Å². The van der Waals surface area contributed by atoms with E-state index in [9.17, 15) is 4.79 Å². The molecular weight excluding hydrogens is 244 g/mol. The van der Waals surface area contributed by atoms with Gasteiger partial charge in [0.05, 0.1) is 13.0 Å². The van der Waals surface area contributed by atoms with Gasteiger partial charge in [0.2, 0.25) is 0 Å². The maximum atomic E-state index is 11.7. The van der Waals surface area contributed by atoms with E-state index < -0.39 is 0 Å². The Labute approximate surface area is 111 Å². The lowest BCUT2D eigenvalue weighted by atomic mass is 9.99. The SMILES string of the molecule is COC(=O)C1CN(c2nc3ccccc3o2)CC1C. The van der Waals surface area contributed by atoms with E-state index in [0.29, 0.717) is 12.6 Å². The molecule has 5 heteroatoms. The fourth-order valence-corrected chi connectivity index (χ4v) is 2.58. The molecule has 1 fully saturated rings. The lowest BCUT2D eigenvalue weighted by molar-refractivity contribution is -0.145. The van der Waals surface area contributed by atoms with E-state index in [1.807, 2.05) is 36.1 Å². The number of benzene rings is 1. The average molecular weight is 260 g/mol. The second kappa shape index (κ2) is 4.57. The fourth-order valence-electron chi connectivity index (χ4n) is 2.58. The van der Waals surface area contributed by atoms with Crippen LogP contribution in [-0.4, -0.2) is 31.2 Å². The number of nitrogens with zero attached hydrogens (tertiary/aromatic N) is 2. The van der Waals surface area contributed by atoms with Crippen LogP contribution < -0.4 is 4.90 Å². The standard InChI is InChI=1S/C14H16N2O3/c1-9-7-16(8-10(9)13(17)18-2)14-15-11-5-3-4-6-12(11)19-14/h3-6,9-10H,7-8H2,1-2H3. The lowest BCUT2D eigenvalue weighted by Gasteiger charge is -2.12. The first-order valence-corrected chi connectivity index (χ1v) is 6.37. The van der Waals surface area contributed by atoms with Gasteiger partial charge in [0.15, 0.2) is 5.58 Å². The van der Waals surface area contributed by atoms with Crippen LogP contribution in [0.3, 0.4) is 0 Å². The predicted octanol–water partition coefficient (Wildman–Crippen LogP) is 2.07. The smallest absolute Gasteiger partial charge is 0.310 e. The summed E-state index contributed by atoms with van der Waals surface area (Å²) in [5.41, 5.74) is 1.61. The van der Waals surface area contributed by atoms with E-state index in [-0.39, 0.29) is 17.8 Å². The van der Waals surface area contributed by atoms with Crippen LogP contribution in [0.5, 0.6) is 0 Å². The van der Waals surface area contributed by atoms with E-state index in [1.54, 1.807) is 0 Å². The Balaban J connectivity index is 1.85. The number of hydrogen-bond acceptors (Lipinski definition) is 5. The number of carbonyl (C=O) groups excluding carboxylic acids is 1. The Kier molecular flexibility index (Phi) is 2.89. The van der Waals surface area contributed by atoms with Crippen molar-refractivity contribution < 1.29 is 13.9 Å². The highest BCUT2D eigenvalue weighted by molar-refractivity contribution is 5.76. The largest absolute Gasteiger partial charge is 0.469 e. The molecule has 1 aromatic carbocycles. The maximum Gasteiger partial charge on any atom is 0.310 e. The first-order chi connectivity index (χ1) is 9.19. The van der Waals surface area contributed by atoms with E-state index in [1.165, 1.54) is 7.11 Å². The monoisotopic (exact) mass is 260 g/mol. The fraction of sp³-hybridized carbons (Fsp3) is 0.429. The minimum atomic E-state index is -0.161. The van der Waals surface area contributed by atoms with Crippen LogP contribution in [-0.2, 0) is 9.53 Å². The third kappa shape index (κ3) is 2.05. The topological polar surface area (TPSA) is 55.6 Å². The highest BCUT2D eigenvalue weighted by Crippen LogP contribution is 2.30. The Morgan fingerprint density at radius 1 is 1.42 bits per heavy atom. The van der Waals surface area contributed by atoms with Crippen LogP contribution in [0.2, 0.25) is 0 Å². The zero-order chi connectivity index (χ0) is 13.4. The number of methoxy groups -OCH3 is 1. The second-order valence-electron chi connectivity index (χ2n) is 4.98. The molecule has 5 nitrogen and oxygen atoms in total. The summed E-state index contributed by atoms with van der Waals surface area (Å²) in [7, 11) is 1.43. The summed E-state index contributed by atoms with van der Waals surface area (Å²) in [5.74, 6) is -0.0337. The number of ether oxygens (including phenoxy) is 1. The lowest BCUT2D eigenvalue weighted by Crippen LogP contribution is -2.24. The molecule has 2 unspecified atom stereocenters. The average Bonchev–Trinajstić information content (AvgIpc) is 3.00. The van der Waals surface area contributed by atoms with Gasteiger partial charge in [0.25, 0.3) is 6.01 Å². The summed E-state index contributed by atoms with van der Waals surface area (Å²) >= 11 is 0. The van der Waals surface area contributed by atoms with Gasteiger partial charge in [-0.15, -0.1) is 0 Å². The van der Waals surface area contributed by atoms with Crippen LogP contribution in [0.25, 0.3) is 11.1 Å². The molecule has 0 aliphatic carbocycles. The van der Waals surface area contributed by atoms with Crippen molar-refractivity contribution in [3.8, 4) is 0 Å². The van der Waals surface area contributed by atoms with Gasteiger partial charge in [-0.3, -0.25) is 4.79 Å². The molecule has 3 rings (SSSR count). The number of hydrogen-bond donors (Lipinski definition) is 0. The van der Waals surface area contributed by atoms with Crippen LogP contribution in [0.4, 0.5) is 6.01 Å². The minimum absolute atomic E-state index is 0.111. The van der Waals surface area contributed by atoms with Crippen LogP contribution in [0, 0.1) is 11.8 Å². The molecule has 0 N–H and O–H groups in total. The predicted molar refractivity (Wildman–Crippen MR) is 70.9 cm³/mol. The Morgan fingerprint density at radius 3 is 2.95 bits per heavy atom. The minimum Gasteiger partial charge on any atom is -0.469 e. The highest BCUT2D eigenvalue weighted by atomic mass is 16.5. The van der Waals surface area contributed by atoms with Crippen molar-refractivity contribution in [1.82, 2.24) is 4.98 Å². The molecule has 0 spiro atoms. The van der Waals surface area contributed by atoms with Gasteiger partial charge < -0.3 is 14.1 Å². The Bertz CT molecular complexity index is 575. The second-order valence-corrected chi connectivity index (χ2v) is 4.98. The molecule has 0 saturated carbocycles. The number of carbonyl (C=O) groups is 1. The summed E-state index contributed by atoms with van der Waals surface area (Å²) in [4.78, 5) is 18.1. The molecule has 2 heterocycles. The van der Waals surface area contributed by atoms with Crippen molar-refractivity contribution >= 4 is 23.1 Å². The van der Waals surface area contributed by atoms with Gasteiger partial charge in [-0.25, -0.2) is 0 Å². The number of aromatic nitrogens is 1.